The number of carbonyl (C=O) groups is 3. The molecule has 7 nitrogen and oxygen atoms in total. The third-order valence-corrected chi connectivity index (χ3v) is 4.66. The second kappa shape index (κ2) is 8.00. The summed E-state index contributed by atoms with van der Waals surface area (Å²) in [6.07, 6.45) is 5.68. The monoisotopic (exact) mass is 344 g/mol. The van der Waals surface area contributed by atoms with Crippen LogP contribution in [0.25, 0.3) is 0 Å². The first-order chi connectivity index (χ1) is 12.1. The SMILES string of the molecule is O=C1CN(C(=O)Nc2ccc(C(=O)NC3CCCCC3)cc2)CCN1. The lowest BCUT2D eigenvalue weighted by Gasteiger charge is -2.26. The van der Waals surface area contributed by atoms with Gasteiger partial charge in [0.05, 0.1) is 0 Å². The van der Waals surface area contributed by atoms with E-state index in [0.717, 1.165) is 12.8 Å². The van der Waals surface area contributed by atoms with Crippen molar-refractivity contribution in [3.8, 4) is 0 Å². The number of anilines is 1. The first kappa shape index (κ1) is 17.3. The van der Waals surface area contributed by atoms with Gasteiger partial charge in [-0.3, -0.25) is 9.59 Å². The number of hydrogen-bond acceptors (Lipinski definition) is 3. The Hall–Kier alpha value is -2.57. The largest absolute Gasteiger partial charge is 0.353 e. The molecule has 2 aliphatic rings. The van der Waals surface area contributed by atoms with Crippen molar-refractivity contribution in [2.24, 2.45) is 0 Å². The van der Waals surface area contributed by atoms with Gasteiger partial charge in [0.25, 0.3) is 5.91 Å². The van der Waals surface area contributed by atoms with Gasteiger partial charge in [0, 0.05) is 30.4 Å². The Morgan fingerprint density at radius 2 is 1.80 bits per heavy atom. The first-order valence-corrected chi connectivity index (χ1v) is 8.85. The zero-order valence-corrected chi connectivity index (χ0v) is 14.2. The van der Waals surface area contributed by atoms with Crippen LogP contribution in [0.3, 0.4) is 0 Å². The van der Waals surface area contributed by atoms with E-state index in [9.17, 15) is 14.4 Å². The molecule has 7 heteroatoms. The molecule has 25 heavy (non-hydrogen) atoms. The molecule has 3 N–H and O–H groups in total. The highest BCUT2D eigenvalue weighted by Crippen LogP contribution is 2.18. The quantitative estimate of drug-likeness (QED) is 0.780. The molecule has 0 bridgehead atoms. The van der Waals surface area contributed by atoms with Crippen LogP contribution in [0.4, 0.5) is 10.5 Å². The average molecular weight is 344 g/mol. The van der Waals surface area contributed by atoms with Crippen molar-refractivity contribution in [2.45, 2.75) is 38.1 Å². The van der Waals surface area contributed by atoms with Gasteiger partial charge in [-0.2, -0.15) is 0 Å². The molecule has 1 heterocycles. The Labute approximate surface area is 147 Å². The van der Waals surface area contributed by atoms with Crippen LogP contribution in [-0.4, -0.2) is 48.4 Å². The maximum absolute atomic E-state index is 12.3. The van der Waals surface area contributed by atoms with E-state index in [0.29, 0.717) is 24.3 Å². The molecule has 0 atom stereocenters. The third kappa shape index (κ3) is 4.71. The highest BCUT2D eigenvalue weighted by atomic mass is 16.2. The Kier molecular flexibility index (Phi) is 5.53. The van der Waals surface area contributed by atoms with E-state index in [2.05, 4.69) is 16.0 Å². The fourth-order valence-corrected chi connectivity index (χ4v) is 3.24. The van der Waals surface area contributed by atoms with E-state index < -0.39 is 0 Å². The molecule has 2 fully saturated rings. The van der Waals surface area contributed by atoms with Crippen molar-refractivity contribution in [2.75, 3.05) is 25.0 Å². The summed E-state index contributed by atoms with van der Waals surface area (Å²) < 4.78 is 0. The standard InChI is InChI=1S/C18H24N4O3/c23-16-12-22(11-10-19-16)18(25)21-15-8-6-13(7-9-15)17(24)20-14-4-2-1-3-5-14/h6-9,14H,1-5,10-12H2,(H,19,23)(H,20,24)(H,21,25). The van der Waals surface area contributed by atoms with Gasteiger partial charge < -0.3 is 20.9 Å². The van der Waals surface area contributed by atoms with Crippen LogP contribution < -0.4 is 16.0 Å². The van der Waals surface area contributed by atoms with Gasteiger partial charge in [0.2, 0.25) is 5.91 Å². The van der Waals surface area contributed by atoms with Crippen molar-refractivity contribution < 1.29 is 14.4 Å². The summed E-state index contributed by atoms with van der Waals surface area (Å²) in [6, 6.07) is 6.78. The summed E-state index contributed by atoms with van der Waals surface area (Å²) in [4.78, 5) is 37.2. The summed E-state index contributed by atoms with van der Waals surface area (Å²) in [5.74, 6) is -0.228. The number of nitrogens with zero attached hydrogens (tertiary/aromatic N) is 1. The van der Waals surface area contributed by atoms with Gasteiger partial charge in [-0.1, -0.05) is 19.3 Å². The van der Waals surface area contributed by atoms with Gasteiger partial charge in [-0.25, -0.2) is 4.79 Å². The van der Waals surface area contributed by atoms with Crippen LogP contribution in [0, 0.1) is 0 Å². The van der Waals surface area contributed by atoms with Crippen LogP contribution in [0.1, 0.15) is 42.5 Å². The van der Waals surface area contributed by atoms with E-state index >= 15 is 0 Å². The summed E-state index contributed by atoms with van der Waals surface area (Å²) >= 11 is 0. The van der Waals surface area contributed by atoms with Crippen molar-refractivity contribution in [3.63, 3.8) is 0 Å². The number of piperazine rings is 1. The van der Waals surface area contributed by atoms with Crippen LogP contribution in [-0.2, 0) is 4.79 Å². The van der Waals surface area contributed by atoms with Gasteiger partial charge >= 0.3 is 6.03 Å². The minimum Gasteiger partial charge on any atom is -0.353 e. The molecular weight excluding hydrogens is 320 g/mol. The molecule has 1 saturated carbocycles. The van der Waals surface area contributed by atoms with E-state index in [1.54, 1.807) is 24.3 Å². The van der Waals surface area contributed by atoms with E-state index in [4.69, 9.17) is 0 Å². The highest BCUT2D eigenvalue weighted by Gasteiger charge is 2.21. The molecule has 1 aromatic rings. The van der Waals surface area contributed by atoms with Gasteiger partial charge in [-0.15, -0.1) is 0 Å². The average Bonchev–Trinajstić information content (AvgIpc) is 2.63. The van der Waals surface area contributed by atoms with Gasteiger partial charge in [0.15, 0.2) is 0 Å². The van der Waals surface area contributed by atoms with Crippen LogP contribution in [0.15, 0.2) is 24.3 Å². The fraction of sp³-hybridized carbons (Fsp3) is 0.500. The molecule has 0 radical (unpaired) electrons. The van der Waals surface area contributed by atoms with Crippen molar-refractivity contribution >= 4 is 23.5 Å². The minimum absolute atomic E-state index is 0.0632. The smallest absolute Gasteiger partial charge is 0.322 e. The number of urea groups is 1. The Morgan fingerprint density at radius 1 is 1.08 bits per heavy atom. The number of benzene rings is 1. The molecule has 1 aromatic carbocycles. The number of rotatable bonds is 3. The second-order valence-electron chi connectivity index (χ2n) is 6.59. The minimum atomic E-state index is -0.311. The highest BCUT2D eigenvalue weighted by molar-refractivity contribution is 5.96. The lowest BCUT2D eigenvalue weighted by atomic mass is 9.95. The van der Waals surface area contributed by atoms with E-state index in [1.165, 1.54) is 24.2 Å². The molecule has 0 aromatic heterocycles. The lowest BCUT2D eigenvalue weighted by Crippen LogP contribution is -2.51. The summed E-state index contributed by atoms with van der Waals surface area (Å²) in [5.41, 5.74) is 1.19. The van der Waals surface area contributed by atoms with Gasteiger partial charge in [-0.05, 0) is 37.1 Å². The molecule has 1 aliphatic heterocycles. The molecule has 0 spiro atoms. The number of nitrogens with one attached hydrogen (secondary N) is 3. The van der Waals surface area contributed by atoms with Crippen LogP contribution >= 0.6 is 0 Å². The summed E-state index contributed by atoms with van der Waals surface area (Å²) in [6.45, 7) is 1.01. The van der Waals surface area contributed by atoms with Crippen molar-refractivity contribution in [1.82, 2.24) is 15.5 Å². The first-order valence-electron chi connectivity index (χ1n) is 8.85. The Balaban J connectivity index is 1.53. The van der Waals surface area contributed by atoms with Gasteiger partial charge in [0.1, 0.15) is 6.54 Å². The maximum Gasteiger partial charge on any atom is 0.322 e. The second-order valence-corrected chi connectivity index (χ2v) is 6.59. The summed E-state index contributed by atoms with van der Waals surface area (Å²) in [5, 5.41) is 8.51. The zero-order valence-electron chi connectivity index (χ0n) is 14.2. The Bertz CT molecular complexity index is 638. The normalized spacial score (nSPS) is 18.4. The van der Waals surface area contributed by atoms with E-state index in [-0.39, 0.29) is 30.4 Å². The van der Waals surface area contributed by atoms with Crippen molar-refractivity contribution in [1.29, 1.82) is 0 Å². The third-order valence-electron chi connectivity index (χ3n) is 4.66. The molecule has 3 rings (SSSR count). The maximum atomic E-state index is 12.3. The topological polar surface area (TPSA) is 90.5 Å². The fourth-order valence-electron chi connectivity index (χ4n) is 3.24. The lowest BCUT2D eigenvalue weighted by molar-refractivity contribution is -0.123. The van der Waals surface area contributed by atoms with Crippen LogP contribution in [0.2, 0.25) is 0 Å². The number of hydrogen-bond donors (Lipinski definition) is 3. The molecular formula is C18H24N4O3. The molecule has 4 amide bonds. The van der Waals surface area contributed by atoms with Crippen LogP contribution in [0.5, 0.6) is 0 Å². The predicted molar refractivity (Wildman–Crippen MR) is 94.4 cm³/mol. The number of amides is 4. The Morgan fingerprint density at radius 3 is 2.48 bits per heavy atom. The molecule has 1 saturated heterocycles. The molecule has 0 unspecified atom stereocenters. The zero-order chi connectivity index (χ0) is 17.6. The van der Waals surface area contributed by atoms with Crippen molar-refractivity contribution in [3.05, 3.63) is 29.8 Å². The predicted octanol–water partition coefficient (Wildman–Crippen LogP) is 1.71. The molecule has 1 aliphatic carbocycles. The number of carbonyl (C=O) groups excluding carboxylic acids is 3. The molecule has 134 valence electrons. The van der Waals surface area contributed by atoms with E-state index in [1.807, 2.05) is 0 Å². The summed E-state index contributed by atoms with van der Waals surface area (Å²) in [7, 11) is 0.